The molecule has 1 amide bonds. The lowest BCUT2D eigenvalue weighted by Crippen LogP contribution is -2.46. The standard InChI is InChI=1S/C20H24N4O3/c25-19(17-13-18(22-27-17)23-9-11-26-12-10-23)24-7-5-20(6-8-24)14-21-16-4-2-1-3-15(16)20/h1-4,13,21H,5-12,14H2. The summed E-state index contributed by atoms with van der Waals surface area (Å²) in [5.74, 6) is 0.998. The molecule has 3 aliphatic rings. The second-order valence-electron chi connectivity index (χ2n) is 7.62. The highest BCUT2D eigenvalue weighted by atomic mass is 16.5. The number of benzene rings is 1. The van der Waals surface area contributed by atoms with Crippen LogP contribution in [0.25, 0.3) is 0 Å². The molecule has 0 unspecified atom stereocenters. The van der Waals surface area contributed by atoms with Crippen LogP contribution in [0.3, 0.4) is 0 Å². The zero-order valence-electron chi connectivity index (χ0n) is 15.3. The number of nitrogens with one attached hydrogen (secondary N) is 1. The fourth-order valence-electron chi connectivity index (χ4n) is 4.51. The Balaban J connectivity index is 1.26. The molecule has 7 heteroatoms. The number of amides is 1. The lowest BCUT2D eigenvalue weighted by molar-refractivity contribution is 0.0634. The van der Waals surface area contributed by atoms with Gasteiger partial charge in [0, 0.05) is 49.9 Å². The molecular weight excluding hydrogens is 344 g/mol. The van der Waals surface area contributed by atoms with Crippen LogP contribution >= 0.6 is 0 Å². The summed E-state index contributed by atoms with van der Waals surface area (Å²) >= 11 is 0. The van der Waals surface area contributed by atoms with Crippen LogP contribution in [0.15, 0.2) is 34.9 Å². The van der Waals surface area contributed by atoms with Gasteiger partial charge < -0.3 is 24.4 Å². The molecule has 2 aromatic rings. The normalized spacial score (nSPS) is 21.2. The van der Waals surface area contributed by atoms with Gasteiger partial charge in [0.15, 0.2) is 5.82 Å². The molecule has 1 spiro atoms. The van der Waals surface area contributed by atoms with Crippen molar-refractivity contribution in [1.82, 2.24) is 10.1 Å². The quantitative estimate of drug-likeness (QED) is 0.876. The number of rotatable bonds is 2. The first-order chi connectivity index (χ1) is 13.3. The van der Waals surface area contributed by atoms with Crippen molar-refractivity contribution in [2.24, 2.45) is 0 Å². The number of aromatic nitrogens is 1. The van der Waals surface area contributed by atoms with Crippen LogP contribution < -0.4 is 10.2 Å². The monoisotopic (exact) mass is 368 g/mol. The maximum atomic E-state index is 12.9. The Labute approximate surface area is 158 Å². The molecule has 0 radical (unpaired) electrons. The zero-order chi connectivity index (χ0) is 18.3. The molecule has 1 aromatic heterocycles. The van der Waals surface area contributed by atoms with E-state index in [2.05, 4.69) is 39.6 Å². The summed E-state index contributed by atoms with van der Waals surface area (Å²) in [5, 5.41) is 7.62. The van der Waals surface area contributed by atoms with E-state index in [4.69, 9.17) is 9.26 Å². The maximum Gasteiger partial charge on any atom is 0.292 e. The van der Waals surface area contributed by atoms with E-state index >= 15 is 0 Å². The second-order valence-corrected chi connectivity index (χ2v) is 7.62. The molecule has 7 nitrogen and oxygen atoms in total. The van der Waals surface area contributed by atoms with E-state index in [1.807, 2.05) is 4.90 Å². The van der Waals surface area contributed by atoms with Crippen molar-refractivity contribution >= 4 is 17.4 Å². The van der Waals surface area contributed by atoms with Crippen molar-refractivity contribution in [3.05, 3.63) is 41.7 Å². The fourth-order valence-corrected chi connectivity index (χ4v) is 4.51. The summed E-state index contributed by atoms with van der Waals surface area (Å²) in [6.45, 7) is 5.35. The average Bonchev–Trinajstić information content (AvgIpc) is 3.36. The van der Waals surface area contributed by atoms with Gasteiger partial charge in [-0.3, -0.25) is 4.79 Å². The highest BCUT2D eigenvalue weighted by molar-refractivity contribution is 5.92. The summed E-state index contributed by atoms with van der Waals surface area (Å²) in [6.07, 6.45) is 1.93. The number of carbonyl (C=O) groups is 1. The molecule has 4 heterocycles. The minimum Gasteiger partial charge on any atom is -0.384 e. The first-order valence-electron chi connectivity index (χ1n) is 9.67. The third kappa shape index (κ3) is 2.86. The SMILES string of the molecule is O=C(c1cc(N2CCOCC2)no1)N1CCC2(CC1)CNc1ccccc12. The molecule has 5 rings (SSSR count). The van der Waals surface area contributed by atoms with E-state index in [0.717, 1.165) is 51.4 Å². The Morgan fingerprint density at radius 3 is 2.70 bits per heavy atom. The van der Waals surface area contributed by atoms with Gasteiger partial charge in [0.1, 0.15) is 0 Å². The molecule has 3 aliphatic heterocycles. The summed E-state index contributed by atoms with van der Waals surface area (Å²) in [6, 6.07) is 10.3. The molecule has 142 valence electrons. The van der Waals surface area contributed by atoms with Crippen LogP contribution in [-0.2, 0) is 10.2 Å². The Morgan fingerprint density at radius 1 is 1.11 bits per heavy atom. The van der Waals surface area contributed by atoms with E-state index < -0.39 is 0 Å². The highest BCUT2D eigenvalue weighted by Crippen LogP contribution is 2.43. The van der Waals surface area contributed by atoms with Crippen LogP contribution in [0.1, 0.15) is 29.0 Å². The van der Waals surface area contributed by atoms with Gasteiger partial charge in [-0.1, -0.05) is 23.4 Å². The number of likely N-dealkylation sites (tertiary alicyclic amines) is 1. The fraction of sp³-hybridized carbons (Fsp3) is 0.500. The molecule has 0 atom stereocenters. The van der Waals surface area contributed by atoms with Gasteiger partial charge in [-0.05, 0) is 24.5 Å². The van der Waals surface area contributed by atoms with Crippen molar-refractivity contribution in [2.75, 3.05) is 56.2 Å². The number of ether oxygens (including phenoxy) is 1. The van der Waals surface area contributed by atoms with Gasteiger partial charge in [0.05, 0.1) is 13.2 Å². The number of hydrogen-bond acceptors (Lipinski definition) is 6. The number of fused-ring (bicyclic) bond motifs is 2. The van der Waals surface area contributed by atoms with Crippen LogP contribution in [-0.4, -0.2) is 61.9 Å². The van der Waals surface area contributed by atoms with Gasteiger partial charge in [-0.25, -0.2) is 0 Å². The van der Waals surface area contributed by atoms with E-state index in [1.54, 1.807) is 6.07 Å². The largest absolute Gasteiger partial charge is 0.384 e. The Kier molecular flexibility index (Phi) is 4.04. The third-order valence-electron chi connectivity index (χ3n) is 6.17. The first-order valence-corrected chi connectivity index (χ1v) is 9.67. The van der Waals surface area contributed by atoms with Crippen LogP contribution in [0, 0.1) is 0 Å². The molecule has 2 fully saturated rings. The van der Waals surface area contributed by atoms with Crippen LogP contribution in [0.5, 0.6) is 0 Å². The molecule has 27 heavy (non-hydrogen) atoms. The minimum atomic E-state index is -0.0592. The Bertz CT molecular complexity index is 835. The van der Waals surface area contributed by atoms with E-state index in [1.165, 1.54) is 11.3 Å². The molecular formula is C20H24N4O3. The van der Waals surface area contributed by atoms with E-state index in [9.17, 15) is 4.79 Å². The van der Waals surface area contributed by atoms with Crippen molar-refractivity contribution in [3.63, 3.8) is 0 Å². The number of para-hydroxylation sites is 1. The third-order valence-corrected chi connectivity index (χ3v) is 6.17. The second kappa shape index (κ2) is 6.56. The minimum absolute atomic E-state index is 0.0592. The van der Waals surface area contributed by atoms with Gasteiger partial charge in [-0.2, -0.15) is 0 Å². The molecule has 2 saturated heterocycles. The molecule has 0 bridgehead atoms. The first kappa shape index (κ1) is 16.6. The summed E-state index contributed by atoms with van der Waals surface area (Å²) in [4.78, 5) is 16.9. The van der Waals surface area contributed by atoms with Gasteiger partial charge >= 0.3 is 0 Å². The maximum absolute atomic E-state index is 12.9. The number of hydrogen-bond donors (Lipinski definition) is 1. The average molecular weight is 368 g/mol. The van der Waals surface area contributed by atoms with Crippen LogP contribution in [0.2, 0.25) is 0 Å². The summed E-state index contributed by atoms with van der Waals surface area (Å²) in [7, 11) is 0. The highest BCUT2D eigenvalue weighted by Gasteiger charge is 2.42. The lowest BCUT2D eigenvalue weighted by Gasteiger charge is -2.39. The molecule has 0 saturated carbocycles. The van der Waals surface area contributed by atoms with Gasteiger partial charge in [0.25, 0.3) is 5.91 Å². The van der Waals surface area contributed by atoms with Crippen molar-refractivity contribution in [3.8, 4) is 0 Å². The van der Waals surface area contributed by atoms with Gasteiger partial charge in [-0.15, -0.1) is 0 Å². The molecule has 0 aliphatic carbocycles. The van der Waals surface area contributed by atoms with Crippen molar-refractivity contribution in [1.29, 1.82) is 0 Å². The number of morpholine rings is 1. The number of piperidine rings is 1. The van der Waals surface area contributed by atoms with Gasteiger partial charge in [0.2, 0.25) is 5.76 Å². The smallest absolute Gasteiger partial charge is 0.292 e. The predicted octanol–water partition coefficient (Wildman–Crippen LogP) is 2.11. The molecule has 1 N–H and O–H groups in total. The van der Waals surface area contributed by atoms with Crippen molar-refractivity contribution < 1.29 is 14.1 Å². The lowest BCUT2D eigenvalue weighted by atomic mass is 9.74. The number of anilines is 2. The van der Waals surface area contributed by atoms with Crippen LogP contribution in [0.4, 0.5) is 11.5 Å². The predicted molar refractivity (Wildman–Crippen MR) is 101 cm³/mol. The van der Waals surface area contributed by atoms with E-state index in [-0.39, 0.29) is 11.3 Å². The topological polar surface area (TPSA) is 70.8 Å². The Morgan fingerprint density at radius 2 is 1.89 bits per heavy atom. The number of nitrogens with zero attached hydrogens (tertiary/aromatic N) is 3. The summed E-state index contributed by atoms with van der Waals surface area (Å²) < 4.78 is 10.7. The van der Waals surface area contributed by atoms with Crippen molar-refractivity contribution in [2.45, 2.75) is 18.3 Å². The Hall–Kier alpha value is -2.54. The number of carbonyl (C=O) groups excluding carboxylic acids is 1. The van der Waals surface area contributed by atoms with E-state index in [0.29, 0.717) is 19.0 Å². The summed E-state index contributed by atoms with van der Waals surface area (Å²) in [5.41, 5.74) is 2.78. The zero-order valence-corrected chi connectivity index (χ0v) is 15.3. The molecule has 1 aromatic carbocycles.